The van der Waals surface area contributed by atoms with Crippen molar-refractivity contribution >= 4 is 40.7 Å². The summed E-state index contributed by atoms with van der Waals surface area (Å²) in [5.74, 6) is 0. The lowest BCUT2D eigenvalue weighted by molar-refractivity contribution is 0.165. The zero-order valence-electron chi connectivity index (χ0n) is 11.6. The van der Waals surface area contributed by atoms with Gasteiger partial charge >= 0.3 is 0 Å². The fourth-order valence-electron chi connectivity index (χ4n) is 2.55. The lowest BCUT2D eigenvalue weighted by Crippen LogP contribution is -2.45. The van der Waals surface area contributed by atoms with Crippen LogP contribution in [0, 0.1) is 0 Å². The van der Waals surface area contributed by atoms with Gasteiger partial charge in [0, 0.05) is 36.7 Å². The quantitative estimate of drug-likeness (QED) is 0.768. The number of hydrogen-bond acceptors (Lipinski definition) is 2. The first-order chi connectivity index (χ1) is 8.83. The van der Waals surface area contributed by atoms with E-state index in [1.54, 1.807) is 0 Å². The van der Waals surface area contributed by atoms with Crippen molar-refractivity contribution in [2.45, 2.75) is 18.9 Å². The molecule has 1 aliphatic heterocycles. The van der Waals surface area contributed by atoms with Crippen molar-refractivity contribution in [2.24, 2.45) is 0 Å². The molecule has 1 aliphatic rings. The second-order valence-electron chi connectivity index (χ2n) is 4.69. The minimum Gasteiger partial charge on any atom is -0.314 e. The van der Waals surface area contributed by atoms with Crippen LogP contribution in [0.2, 0.25) is 0 Å². The zero-order valence-corrected chi connectivity index (χ0v) is 14.8. The molecule has 1 heterocycles. The molecule has 0 aromatic heterocycles. The van der Waals surface area contributed by atoms with Gasteiger partial charge in [0.15, 0.2) is 0 Å². The van der Waals surface area contributed by atoms with E-state index in [1.807, 2.05) is 6.08 Å². The average molecular weight is 382 g/mol. The number of nitrogens with zero attached hydrogens (tertiary/aromatic N) is 1. The van der Waals surface area contributed by atoms with E-state index >= 15 is 0 Å². The van der Waals surface area contributed by atoms with Crippen LogP contribution in [0.15, 0.2) is 41.4 Å². The summed E-state index contributed by atoms with van der Waals surface area (Å²) in [6.07, 6.45) is 4.23. The average Bonchev–Trinajstić information content (AvgIpc) is 2.42. The number of nitrogens with one attached hydrogen (secondary N) is 1. The zero-order chi connectivity index (χ0) is 12.8. The van der Waals surface area contributed by atoms with E-state index in [0.717, 1.165) is 39.0 Å². The van der Waals surface area contributed by atoms with Gasteiger partial charge in [-0.1, -0.05) is 40.2 Å². The van der Waals surface area contributed by atoms with Crippen molar-refractivity contribution in [2.75, 3.05) is 26.2 Å². The van der Waals surface area contributed by atoms with E-state index in [9.17, 15) is 0 Å². The highest BCUT2D eigenvalue weighted by Gasteiger charge is 2.22. The Bertz CT molecular complexity index is 395. The molecule has 2 rings (SSSR count). The molecule has 1 saturated heterocycles. The number of rotatable bonds is 5. The fourth-order valence-corrected chi connectivity index (χ4v) is 3.10. The first-order valence-corrected chi connectivity index (χ1v) is 7.42. The van der Waals surface area contributed by atoms with Crippen LogP contribution in [0.1, 0.15) is 24.4 Å². The Balaban J connectivity index is 0.00000180. The van der Waals surface area contributed by atoms with E-state index in [4.69, 9.17) is 0 Å². The predicted octanol–water partition coefficient (Wildman–Crippen LogP) is 4.21. The molecule has 0 unspecified atom stereocenters. The Kier molecular flexibility index (Phi) is 10.6. The van der Waals surface area contributed by atoms with Gasteiger partial charge in [-0.3, -0.25) is 4.90 Å². The molecule has 20 heavy (non-hydrogen) atoms. The Labute approximate surface area is 143 Å². The van der Waals surface area contributed by atoms with Gasteiger partial charge in [0.1, 0.15) is 0 Å². The Morgan fingerprint density at radius 1 is 1.25 bits per heavy atom. The van der Waals surface area contributed by atoms with Crippen molar-refractivity contribution in [1.82, 2.24) is 10.2 Å². The van der Waals surface area contributed by atoms with Crippen LogP contribution < -0.4 is 5.32 Å². The summed E-state index contributed by atoms with van der Waals surface area (Å²) < 4.78 is 1.22. The third-order valence-electron chi connectivity index (χ3n) is 3.50. The maximum atomic E-state index is 3.85. The Morgan fingerprint density at radius 3 is 2.50 bits per heavy atom. The van der Waals surface area contributed by atoms with E-state index in [-0.39, 0.29) is 24.8 Å². The van der Waals surface area contributed by atoms with Crippen LogP contribution >= 0.6 is 40.7 Å². The van der Waals surface area contributed by atoms with Gasteiger partial charge in [-0.2, -0.15) is 0 Å². The standard InChI is InChI=1S/C15H21BrN2.2ClH/c1-2-3-8-15(18-11-9-17-10-12-18)13-6-4-5-7-14(13)16;;/h2,4-7,15,17H,1,3,8-12H2;2*1H/t15-;;/m0../s1. The van der Waals surface area contributed by atoms with Crippen molar-refractivity contribution < 1.29 is 0 Å². The molecular weight excluding hydrogens is 359 g/mol. The molecule has 0 radical (unpaired) electrons. The number of piperazine rings is 1. The molecule has 0 amide bonds. The summed E-state index contributed by atoms with van der Waals surface area (Å²) in [7, 11) is 0. The summed E-state index contributed by atoms with van der Waals surface area (Å²) >= 11 is 3.69. The van der Waals surface area contributed by atoms with Crippen molar-refractivity contribution in [1.29, 1.82) is 0 Å². The topological polar surface area (TPSA) is 15.3 Å². The SMILES string of the molecule is C=CCC[C@@H](c1ccccc1Br)N1CCNCC1.Cl.Cl. The van der Waals surface area contributed by atoms with Gasteiger partial charge in [0.05, 0.1) is 0 Å². The largest absolute Gasteiger partial charge is 0.314 e. The highest BCUT2D eigenvalue weighted by Crippen LogP contribution is 2.31. The van der Waals surface area contributed by atoms with E-state index < -0.39 is 0 Å². The monoisotopic (exact) mass is 380 g/mol. The van der Waals surface area contributed by atoms with Gasteiger partial charge in [-0.05, 0) is 24.5 Å². The van der Waals surface area contributed by atoms with Crippen molar-refractivity contribution in [3.8, 4) is 0 Å². The van der Waals surface area contributed by atoms with Crippen LogP contribution in [-0.2, 0) is 0 Å². The summed E-state index contributed by atoms with van der Waals surface area (Å²) in [4.78, 5) is 2.58. The van der Waals surface area contributed by atoms with Crippen molar-refractivity contribution in [3.63, 3.8) is 0 Å². The van der Waals surface area contributed by atoms with E-state index in [2.05, 4.69) is 57.0 Å². The molecular formula is C15H23BrCl2N2. The van der Waals surface area contributed by atoms with Crippen molar-refractivity contribution in [3.05, 3.63) is 47.0 Å². The highest BCUT2D eigenvalue weighted by molar-refractivity contribution is 9.10. The second-order valence-corrected chi connectivity index (χ2v) is 5.54. The molecule has 114 valence electrons. The molecule has 1 fully saturated rings. The summed E-state index contributed by atoms with van der Waals surface area (Å²) in [5, 5.41) is 3.42. The lowest BCUT2D eigenvalue weighted by atomic mass is 9.99. The number of hydrogen-bond donors (Lipinski definition) is 1. The van der Waals surface area contributed by atoms with Gasteiger partial charge in [0.25, 0.3) is 0 Å². The third kappa shape index (κ3) is 5.38. The van der Waals surface area contributed by atoms with Crippen LogP contribution in [-0.4, -0.2) is 31.1 Å². The van der Waals surface area contributed by atoms with Gasteiger partial charge in [0.2, 0.25) is 0 Å². The molecule has 0 bridgehead atoms. The number of allylic oxidation sites excluding steroid dienone is 1. The molecule has 5 heteroatoms. The first kappa shape index (κ1) is 19.9. The molecule has 0 saturated carbocycles. The molecule has 0 spiro atoms. The van der Waals surface area contributed by atoms with E-state index in [0.29, 0.717) is 6.04 Å². The van der Waals surface area contributed by atoms with Gasteiger partial charge in [-0.25, -0.2) is 0 Å². The molecule has 1 aromatic rings. The van der Waals surface area contributed by atoms with Crippen LogP contribution in [0.5, 0.6) is 0 Å². The van der Waals surface area contributed by atoms with Crippen LogP contribution in [0.4, 0.5) is 0 Å². The molecule has 2 nitrogen and oxygen atoms in total. The van der Waals surface area contributed by atoms with E-state index in [1.165, 1.54) is 10.0 Å². The Hall–Kier alpha value is -0.0600. The van der Waals surface area contributed by atoms with Crippen LogP contribution in [0.25, 0.3) is 0 Å². The minimum absolute atomic E-state index is 0. The first-order valence-electron chi connectivity index (χ1n) is 6.63. The number of halogens is 3. The summed E-state index contributed by atoms with van der Waals surface area (Å²) in [6, 6.07) is 9.08. The molecule has 1 atom stereocenters. The second kappa shape index (κ2) is 10.6. The third-order valence-corrected chi connectivity index (χ3v) is 4.22. The summed E-state index contributed by atoms with van der Waals surface area (Å²) in [5.41, 5.74) is 1.40. The maximum Gasteiger partial charge on any atom is 0.0363 e. The Morgan fingerprint density at radius 2 is 1.90 bits per heavy atom. The van der Waals surface area contributed by atoms with Crippen LogP contribution in [0.3, 0.4) is 0 Å². The number of benzene rings is 1. The fraction of sp³-hybridized carbons (Fsp3) is 0.467. The van der Waals surface area contributed by atoms with Gasteiger partial charge in [-0.15, -0.1) is 31.4 Å². The predicted molar refractivity (Wildman–Crippen MR) is 95.3 cm³/mol. The molecule has 1 aromatic carbocycles. The lowest BCUT2D eigenvalue weighted by Gasteiger charge is -2.35. The summed E-state index contributed by atoms with van der Waals surface area (Å²) in [6.45, 7) is 8.29. The molecule has 0 aliphatic carbocycles. The van der Waals surface area contributed by atoms with Gasteiger partial charge < -0.3 is 5.32 Å². The minimum atomic E-state index is 0. The molecule has 1 N–H and O–H groups in total. The highest BCUT2D eigenvalue weighted by atomic mass is 79.9. The maximum absolute atomic E-state index is 3.85. The smallest absolute Gasteiger partial charge is 0.0363 e. The normalized spacial score (nSPS) is 16.6.